The van der Waals surface area contributed by atoms with Gasteiger partial charge in [-0.3, -0.25) is 0 Å². The van der Waals surface area contributed by atoms with Crippen molar-refractivity contribution in [2.45, 2.75) is 25.7 Å². The van der Waals surface area contributed by atoms with Crippen molar-refractivity contribution >= 4 is 0 Å². The molecule has 0 saturated carbocycles. The lowest BCUT2D eigenvalue weighted by Crippen LogP contribution is -2.30. The second-order valence-corrected chi connectivity index (χ2v) is 3.72. The Bertz CT molecular complexity index is 137. The molecule has 0 aromatic carbocycles. The van der Waals surface area contributed by atoms with Crippen LogP contribution in [0.25, 0.3) is 0 Å². The van der Waals surface area contributed by atoms with E-state index in [0.29, 0.717) is 0 Å². The fourth-order valence-corrected chi connectivity index (χ4v) is 1.76. The van der Waals surface area contributed by atoms with E-state index in [-0.39, 0.29) is 0 Å². The summed E-state index contributed by atoms with van der Waals surface area (Å²) in [6.07, 6.45) is 9.95. The standard InChI is InChI=1S/C11H22N2/c1-12-8-4-2-5-9-13-10-6-3-7-11-13/h2,4,12H,3,5-11H2,1H3/b4-2-. The van der Waals surface area contributed by atoms with Crippen LogP contribution in [-0.4, -0.2) is 38.1 Å². The number of nitrogens with zero attached hydrogens (tertiary/aromatic N) is 1. The summed E-state index contributed by atoms with van der Waals surface area (Å²) in [5.41, 5.74) is 0. The summed E-state index contributed by atoms with van der Waals surface area (Å²) in [7, 11) is 1.98. The summed E-state index contributed by atoms with van der Waals surface area (Å²) >= 11 is 0. The van der Waals surface area contributed by atoms with Crippen molar-refractivity contribution in [2.75, 3.05) is 33.2 Å². The first-order chi connectivity index (χ1) is 6.43. The molecule has 1 fully saturated rings. The van der Waals surface area contributed by atoms with E-state index in [1.165, 1.54) is 45.3 Å². The third-order valence-corrected chi connectivity index (χ3v) is 2.55. The van der Waals surface area contributed by atoms with Gasteiger partial charge in [0.2, 0.25) is 0 Å². The van der Waals surface area contributed by atoms with Gasteiger partial charge >= 0.3 is 0 Å². The highest BCUT2D eigenvalue weighted by molar-refractivity contribution is 4.84. The molecule has 0 spiro atoms. The molecular formula is C11H22N2. The summed E-state index contributed by atoms with van der Waals surface area (Å²) in [5, 5.41) is 3.11. The second-order valence-electron chi connectivity index (χ2n) is 3.72. The van der Waals surface area contributed by atoms with Gasteiger partial charge in [-0.05, 0) is 39.4 Å². The number of hydrogen-bond acceptors (Lipinski definition) is 2. The number of rotatable bonds is 5. The molecule has 2 heteroatoms. The molecule has 76 valence electrons. The number of likely N-dealkylation sites (N-methyl/N-ethyl adjacent to an activating group) is 1. The van der Waals surface area contributed by atoms with Gasteiger partial charge in [0.25, 0.3) is 0 Å². The molecule has 0 unspecified atom stereocenters. The molecule has 1 rings (SSSR count). The van der Waals surface area contributed by atoms with Gasteiger partial charge in [-0.2, -0.15) is 0 Å². The van der Waals surface area contributed by atoms with Crippen LogP contribution in [0.1, 0.15) is 25.7 Å². The predicted octanol–water partition coefficient (Wildman–Crippen LogP) is 1.64. The van der Waals surface area contributed by atoms with E-state index in [1.807, 2.05) is 7.05 Å². The minimum atomic E-state index is 1.00. The second kappa shape index (κ2) is 7.10. The lowest BCUT2D eigenvalue weighted by molar-refractivity contribution is 0.233. The van der Waals surface area contributed by atoms with E-state index >= 15 is 0 Å². The van der Waals surface area contributed by atoms with Crippen LogP contribution >= 0.6 is 0 Å². The lowest BCUT2D eigenvalue weighted by Gasteiger charge is -2.25. The van der Waals surface area contributed by atoms with Crippen LogP contribution in [0.4, 0.5) is 0 Å². The number of hydrogen-bond donors (Lipinski definition) is 1. The van der Waals surface area contributed by atoms with Gasteiger partial charge in [-0.15, -0.1) is 0 Å². The fourth-order valence-electron chi connectivity index (χ4n) is 1.76. The van der Waals surface area contributed by atoms with Crippen molar-refractivity contribution in [3.05, 3.63) is 12.2 Å². The largest absolute Gasteiger partial charge is 0.316 e. The van der Waals surface area contributed by atoms with Crippen LogP contribution < -0.4 is 5.32 Å². The van der Waals surface area contributed by atoms with Gasteiger partial charge in [0.15, 0.2) is 0 Å². The zero-order chi connectivity index (χ0) is 9.36. The van der Waals surface area contributed by atoms with Gasteiger partial charge in [-0.1, -0.05) is 18.6 Å². The van der Waals surface area contributed by atoms with Crippen molar-refractivity contribution in [1.29, 1.82) is 0 Å². The molecule has 0 aliphatic carbocycles. The molecule has 0 aromatic heterocycles. The smallest absolute Gasteiger partial charge is 0.0131 e. The molecule has 13 heavy (non-hydrogen) atoms. The SMILES string of the molecule is CNC/C=C\CCN1CCCCC1. The number of piperidine rings is 1. The lowest BCUT2D eigenvalue weighted by atomic mass is 10.1. The zero-order valence-corrected chi connectivity index (χ0v) is 8.76. The first kappa shape index (κ1) is 10.7. The normalized spacial score (nSPS) is 19.8. The van der Waals surface area contributed by atoms with Crippen molar-refractivity contribution < 1.29 is 0 Å². The van der Waals surface area contributed by atoms with E-state index in [4.69, 9.17) is 0 Å². The van der Waals surface area contributed by atoms with Crippen molar-refractivity contribution in [2.24, 2.45) is 0 Å². The van der Waals surface area contributed by atoms with Crippen LogP contribution in [0.5, 0.6) is 0 Å². The third kappa shape index (κ3) is 5.06. The average molecular weight is 182 g/mol. The van der Waals surface area contributed by atoms with Crippen LogP contribution in [-0.2, 0) is 0 Å². The molecular weight excluding hydrogens is 160 g/mol. The van der Waals surface area contributed by atoms with Gasteiger partial charge in [0, 0.05) is 13.1 Å². The Morgan fingerprint density at radius 2 is 1.92 bits per heavy atom. The minimum absolute atomic E-state index is 1.00. The Morgan fingerprint density at radius 3 is 2.62 bits per heavy atom. The Labute approximate surface area is 82.0 Å². The van der Waals surface area contributed by atoms with E-state index < -0.39 is 0 Å². The fraction of sp³-hybridized carbons (Fsp3) is 0.818. The molecule has 1 aliphatic heterocycles. The van der Waals surface area contributed by atoms with E-state index in [9.17, 15) is 0 Å². The summed E-state index contributed by atoms with van der Waals surface area (Å²) in [6, 6.07) is 0. The Morgan fingerprint density at radius 1 is 1.15 bits per heavy atom. The third-order valence-electron chi connectivity index (χ3n) is 2.55. The minimum Gasteiger partial charge on any atom is -0.316 e. The van der Waals surface area contributed by atoms with E-state index in [1.54, 1.807) is 0 Å². The Kier molecular flexibility index (Phi) is 5.87. The van der Waals surface area contributed by atoms with Crippen molar-refractivity contribution in [3.63, 3.8) is 0 Å². The molecule has 0 radical (unpaired) electrons. The first-order valence-corrected chi connectivity index (χ1v) is 5.45. The zero-order valence-electron chi connectivity index (χ0n) is 8.76. The van der Waals surface area contributed by atoms with Crippen molar-refractivity contribution in [3.8, 4) is 0 Å². The summed E-state index contributed by atoms with van der Waals surface area (Å²) < 4.78 is 0. The highest BCUT2D eigenvalue weighted by Gasteiger charge is 2.07. The molecule has 1 aliphatic rings. The molecule has 1 heterocycles. The molecule has 0 amide bonds. The maximum Gasteiger partial charge on any atom is 0.0131 e. The quantitative estimate of drug-likeness (QED) is 0.650. The average Bonchev–Trinajstić information content (AvgIpc) is 2.19. The van der Waals surface area contributed by atoms with Crippen LogP contribution in [0.2, 0.25) is 0 Å². The van der Waals surface area contributed by atoms with Gasteiger partial charge in [0.05, 0.1) is 0 Å². The van der Waals surface area contributed by atoms with Crippen LogP contribution in [0.3, 0.4) is 0 Å². The highest BCUT2D eigenvalue weighted by Crippen LogP contribution is 2.08. The molecule has 1 saturated heterocycles. The number of likely N-dealkylation sites (tertiary alicyclic amines) is 1. The van der Waals surface area contributed by atoms with Crippen LogP contribution in [0, 0.1) is 0 Å². The van der Waals surface area contributed by atoms with E-state index in [0.717, 1.165) is 6.54 Å². The predicted molar refractivity (Wildman–Crippen MR) is 58.0 cm³/mol. The maximum absolute atomic E-state index is 3.11. The first-order valence-electron chi connectivity index (χ1n) is 5.45. The molecule has 2 nitrogen and oxygen atoms in total. The summed E-state index contributed by atoms with van der Waals surface area (Å²) in [4.78, 5) is 2.58. The Balaban J connectivity index is 1.97. The summed E-state index contributed by atoms with van der Waals surface area (Å²) in [5.74, 6) is 0. The Hall–Kier alpha value is -0.340. The van der Waals surface area contributed by atoms with Gasteiger partial charge < -0.3 is 10.2 Å². The summed E-state index contributed by atoms with van der Waals surface area (Å²) in [6.45, 7) is 4.89. The van der Waals surface area contributed by atoms with Gasteiger partial charge in [-0.25, -0.2) is 0 Å². The number of nitrogens with one attached hydrogen (secondary N) is 1. The molecule has 0 aromatic rings. The van der Waals surface area contributed by atoms with Crippen molar-refractivity contribution in [1.82, 2.24) is 10.2 Å². The molecule has 0 atom stereocenters. The monoisotopic (exact) mass is 182 g/mol. The highest BCUT2D eigenvalue weighted by atomic mass is 15.1. The topological polar surface area (TPSA) is 15.3 Å². The maximum atomic E-state index is 3.11. The van der Waals surface area contributed by atoms with E-state index in [2.05, 4.69) is 22.4 Å². The van der Waals surface area contributed by atoms with Gasteiger partial charge in [0.1, 0.15) is 0 Å². The molecule has 0 bridgehead atoms. The van der Waals surface area contributed by atoms with Crippen LogP contribution in [0.15, 0.2) is 12.2 Å². The molecule has 1 N–H and O–H groups in total.